The molecule has 0 aliphatic heterocycles. The van der Waals surface area contributed by atoms with Gasteiger partial charge in [0.1, 0.15) is 30.4 Å². The average Bonchev–Trinajstić information content (AvgIpc) is 3.52. The normalized spacial score (nSPS) is 11.9. The fraction of sp³-hybridized carbons (Fsp3) is 0.217. The predicted molar refractivity (Wildman–Crippen MR) is 147 cm³/mol. The molecule has 0 unspecified atom stereocenters. The van der Waals surface area contributed by atoms with Gasteiger partial charge in [-0.1, -0.05) is 17.7 Å². The molecule has 0 fully saturated rings. The molecule has 0 saturated carbocycles. The van der Waals surface area contributed by atoms with Crippen LogP contribution in [-0.4, -0.2) is 34.2 Å². The lowest BCUT2D eigenvalue weighted by atomic mass is 10.2. The van der Waals surface area contributed by atoms with E-state index in [1.54, 1.807) is 12.1 Å². The SMILES string of the molecule is COc1ccc(CNc2nc(Cl)nc3sc(C(F)(F)F)cc23)cc1OC.FC(F)(F)c1cc2c(Cl)nc(Cl)nc2s1. The van der Waals surface area contributed by atoms with Crippen LogP contribution in [0.3, 0.4) is 0 Å². The first-order valence-corrected chi connectivity index (χ1v) is 13.6. The Morgan fingerprint density at radius 3 is 1.83 bits per heavy atom. The number of methoxy groups -OCH3 is 2. The maximum atomic E-state index is 12.9. The summed E-state index contributed by atoms with van der Waals surface area (Å²) in [6.45, 7) is 0.306. The van der Waals surface area contributed by atoms with Crippen LogP contribution in [0.1, 0.15) is 15.3 Å². The van der Waals surface area contributed by atoms with Crippen molar-refractivity contribution in [2.24, 2.45) is 0 Å². The van der Waals surface area contributed by atoms with Gasteiger partial charge in [-0.15, -0.1) is 22.7 Å². The highest BCUT2D eigenvalue weighted by molar-refractivity contribution is 7.19. The zero-order valence-electron chi connectivity index (χ0n) is 20.4. The van der Waals surface area contributed by atoms with Crippen LogP contribution in [0.5, 0.6) is 11.5 Å². The second kappa shape index (κ2) is 12.2. The van der Waals surface area contributed by atoms with Gasteiger partial charge >= 0.3 is 12.4 Å². The van der Waals surface area contributed by atoms with Crippen molar-refractivity contribution in [2.75, 3.05) is 19.5 Å². The monoisotopic (exact) mass is 675 g/mol. The Labute approximate surface area is 250 Å². The number of ether oxygens (including phenoxy) is 2. The fourth-order valence-corrected chi connectivity index (χ4v) is 5.91. The molecule has 1 N–H and O–H groups in total. The van der Waals surface area contributed by atoms with Gasteiger partial charge in [0.05, 0.1) is 19.6 Å². The summed E-state index contributed by atoms with van der Waals surface area (Å²) in [5, 5.41) is 3.08. The second-order valence-corrected chi connectivity index (χ2v) is 10.9. The lowest BCUT2D eigenvalue weighted by Gasteiger charge is -2.11. The highest BCUT2D eigenvalue weighted by Gasteiger charge is 2.34. The molecular weight excluding hydrogens is 663 g/mol. The van der Waals surface area contributed by atoms with Crippen molar-refractivity contribution in [2.45, 2.75) is 18.9 Å². The molecule has 4 heterocycles. The van der Waals surface area contributed by atoms with Crippen LogP contribution in [0, 0.1) is 0 Å². The first-order chi connectivity index (χ1) is 19.2. The van der Waals surface area contributed by atoms with E-state index in [2.05, 4.69) is 25.3 Å². The number of rotatable bonds is 5. The van der Waals surface area contributed by atoms with Gasteiger partial charge in [0, 0.05) is 11.9 Å². The number of hydrogen-bond donors (Lipinski definition) is 1. The quantitative estimate of drug-likeness (QED) is 0.113. The first-order valence-electron chi connectivity index (χ1n) is 10.9. The van der Waals surface area contributed by atoms with E-state index < -0.39 is 22.1 Å². The Morgan fingerprint density at radius 2 is 1.27 bits per heavy atom. The number of halogens is 9. The Bertz CT molecular complexity index is 1710. The number of aromatic nitrogens is 4. The molecule has 5 aromatic rings. The third kappa shape index (κ3) is 7.33. The zero-order valence-corrected chi connectivity index (χ0v) is 24.3. The average molecular weight is 677 g/mol. The van der Waals surface area contributed by atoms with Gasteiger partial charge in [-0.25, -0.2) is 19.9 Å². The van der Waals surface area contributed by atoms with E-state index >= 15 is 0 Å². The number of fused-ring (bicyclic) bond motifs is 2. The standard InChI is InChI=1S/C16H13ClF3N3O2S.C7HCl2F3N2S/c1-24-10-4-3-8(5-11(10)25-2)7-21-13-9-6-12(16(18,19)20)26-14(9)23-15(17)22-13;8-4-2-1-3(7(10,11)12)15-5(2)14-6(9)13-4/h3-6H,7H2,1-2H3,(H,21,22,23);1H. The lowest BCUT2D eigenvalue weighted by Crippen LogP contribution is -2.03. The molecule has 1 aromatic carbocycles. The van der Waals surface area contributed by atoms with E-state index in [9.17, 15) is 26.3 Å². The number of nitrogens with zero attached hydrogens (tertiary/aromatic N) is 4. The molecule has 218 valence electrons. The van der Waals surface area contributed by atoms with Crippen LogP contribution in [0.15, 0.2) is 30.3 Å². The minimum absolute atomic E-state index is 0.0725. The highest BCUT2D eigenvalue weighted by Crippen LogP contribution is 2.40. The topological polar surface area (TPSA) is 82.0 Å². The molecule has 4 aromatic heterocycles. The Kier molecular flexibility index (Phi) is 9.23. The maximum Gasteiger partial charge on any atom is 0.425 e. The van der Waals surface area contributed by atoms with E-state index in [1.165, 1.54) is 14.2 Å². The lowest BCUT2D eigenvalue weighted by molar-refractivity contribution is -0.135. The largest absolute Gasteiger partial charge is 0.493 e. The third-order valence-corrected chi connectivity index (χ3v) is 7.92. The van der Waals surface area contributed by atoms with Crippen molar-refractivity contribution in [1.29, 1.82) is 0 Å². The van der Waals surface area contributed by atoms with Crippen molar-refractivity contribution in [3.63, 3.8) is 0 Å². The minimum Gasteiger partial charge on any atom is -0.493 e. The van der Waals surface area contributed by atoms with Crippen molar-refractivity contribution in [3.05, 3.63) is 61.4 Å². The number of benzene rings is 1. The van der Waals surface area contributed by atoms with E-state index in [-0.39, 0.29) is 42.0 Å². The summed E-state index contributed by atoms with van der Waals surface area (Å²) in [5.74, 6) is 1.37. The third-order valence-electron chi connectivity index (χ3n) is 5.15. The van der Waals surface area contributed by atoms with Crippen LogP contribution >= 0.6 is 57.5 Å². The van der Waals surface area contributed by atoms with E-state index in [1.807, 2.05) is 6.07 Å². The van der Waals surface area contributed by atoms with Gasteiger partial charge in [-0.05, 0) is 53.0 Å². The van der Waals surface area contributed by atoms with E-state index in [0.717, 1.165) is 17.7 Å². The van der Waals surface area contributed by atoms with Crippen molar-refractivity contribution in [1.82, 2.24) is 19.9 Å². The number of alkyl halides is 6. The molecule has 0 bridgehead atoms. The Hall–Kier alpha value is -2.85. The molecule has 0 aliphatic rings. The van der Waals surface area contributed by atoms with Gasteiger partial charge in [-0.2, -0.15) is 26.3 Å². The van der Waals surface area contributed by atoms with Crippen molar-refractivity contribution in [3.8, 4) is 11.5 Å². The Morgan fingerprint density at radius 1 is 0.732 bits per heavy atom. The summed E-state index contributed by atoms with van der Waals surface area (Å²) in [4.78, 5) is 13.9. The van der Waals surface area contributed by atoms with E-state index in [4.69, 9.17) is 44.3 Å². The van der Waals surface area contributed by atoms with Crippen LogP contribution < -0.4 is 14.8 Å². The first kappa shape index (κ1) is 31.1. The molecule has 41 heavy (non-hydrogen) atoms. The molecule has 0 amide bonds. The smallest absolute Gasteiger partial charge is 0.425 e. The second-order valence-electron chi connectivity index (χ2n) is 7.82. The summed E-state index contributed by atoms with van der Waals surface area (Å²) in [7, 11) is 3.05. The number of anilines is 1. The van der Waals surface area contributed by atoms with Gasteiger partial charge in [0.15, 0.2) is 11.5 Å². The number of nitrogens with one attached hydrogen (secondary N) is 1. The van der Waals surface area contributed by atoms with Gasteiger partial charge in [0.25, 0.3) is 0 Å². The summed E-state index contributed by atoms with van der Waals surface area (Å²) < 4.78 is 86.3. The molecule has 0 saturated heterocycles. The van der Waals surface area contributed by atoms with Crippen molar-refractivity contribution < 1.29 is 35.8 Å². The maximum absolute atomic E-state index is 12.9. The van der Waals surface area contributed by atoms with Crippen molar-refractivity contribution >= 4 is 83.7 Å². The number of thiophene rings is 2. The fourth-order valence-electron chi connectivity index (χ4n) is 3.35. The predicted octanol–water partition coefficient (Wildman–Crippen LogP) is 9.01. The van der Waals surface area contributed by atoms with Gasteiger partial charge < -0.3 is 14.8 Å². The molecule has 0 radical (unpaired) electrons. The molecule has 0 atom stereocenters. The summed E-state index contributed by atoms with van der Waals surface area (Å²) in [6, 6.07) is 7.25. The Balaban J connectivity index is 0.000000218. The summed E-state index contributed by atoms with van der Waals surface area (Å²) >= 11 is 18.0. The summed E-state index contributed by atoms with van der Waals surface area (Å²) in [6.07, 6.45) is -8.85. The summed E-state index contributed by atoms with van der Waals surface area (Å²) in [5.41, 5.74) is 0.830. The van der Waals surface area contributed by atoms with Crippen LogP contribution in [-0.2, 0) is 18.9 Å². The van der Waals surface area contributed by atoms with Crippen LogP contribution in [0.2, 0.25) is 15.7 Å². The molecule has 5 rings (SSSR count). The van der Waals surface area contributed by atoms with Gasteiger partial charge in [-0.3, -0.25) is 0 Å². The zero-order chi connectivity index (χ0) is 30.1. The van der Waals surface area contributed by atoms with Crippen LogP contribution in [0.25, 0.3) is 20.4 Å². The number of hydrogen-bond acceptors (Lipinski definition) is 9. The molecule has 0 spiro atoms. The van der Waals surface area contributed by atoms with Gasteiger partial charge in [0.2, 0.25) is 10.6 Å². The molecule has 7 nitrogen and oxygen atoms in total. The van der Waals surface area contributed by atoms with Crippen LogP contribution in [0.4, 0.5) is 32.2 Å². The van der Waals surface area contributed by atoms with E-state index in [0.29, 0.717) is 40.7 Å². The highest BCUT2D eigenvalue weighted by atomic mass is 35.5. The minimum atomic E-state index is -4.45. The molecule has 18 heteroatoms. The molecular formula is C23H14Cl3F6N5O2S2. The molecule has 0 aliphatic carbocycles.